The van der Waals surface area contributed by atoms with Crippen LogP contribution >= 0.6 is 11.6 Å². The minimum Gasteiger partial charge on any atom is -0.435 e. The number of rotatable bonds is 7. The number of hydrogen-bond acceptors (Lipinski definition) is 4. The molecule has 10 heteroatoms. The zero-order chi connectivity index (χ0) is 21.7. The molecule has 0 fully saturated rings. The molecule has 0 aromatic heterocycles. The zero-order valence-electron chi connectivity index (χ0n) is 15.2. The maximum Gasteiger partial charge on any atom is 0.387 e. The van der Waals surface area contributed by atoms with Gasteiger partial charge in [0.05, 0.1) is 10.6 Å². The molecule has 1 amide bonds. The van der Waals surface area contributed by atoms with E-state index in [1.54, 1.807) is 18.2 Å². The number of sulfonamides is 1. The molecule has 3 aromatic carbocycles. The van der Waals surface area contributed by atoms with Crippen LogP contribution in [0.1, 0.15) is 10.4 Å². The summed E-state index contributed by atoms with van der Waals surface area (Å²) >= 11 is 5.87. The Morgan fingerprint density at radius 1 is 0.933 bits per heavy atom. The van der Waals surface area contributed by atoms with Crippen LogP contribution in [0.4, 0.5) is 20.2 Å². The van der Waals surface area contributed by atoms with Gasteiger partial charge in [0.1, 0.15) is 5.75 Å². The second-order valence-corrected chi connectivity index (χ2v) is 8.12. The minimum atomic E-state index is -3.95. The summed E-state index contributed by atoms with van der Waals surface area (Å²) in [6, 6.07) is 17.0. The van der Waals surface area contributed by atoms with Crippen molar-refractivity contribution in [2.24, 2.45) is 0 Å². The van der Waals surface area contributed by atoms with Gasteiger partial charge < -0.3 is 10.1 Å². The Hall–Kier alpha value is -3.17. The lowest BCUT2D eigenvalue weighted by atomic mass is 10.2. The van der Waals surface area contributed by atoms with Crippen molar-refractivity contribution in [2.75, 3.05) is 10.0 Å². The van der Waals surface area contributed by atoms with Crippen LogP contribution in [0.2, 0.25) is 5.02 Å². The van der Waals surface area contributed by atoms with Crippen molar-refractivity contribution in [1.82, 2.24) is 0 Å². The predicted molar refractivity (Wildman–Crippen MR) is 110 cm³/mol. The summed E-state index contributed by atoms with van der Waals surface area (Å²) in [7, 11) is -3.95. The second-order valence-electron chi connectivity index (χ2n) is 6.00. The SMILES string of the molecule is O=C(Nc1ccc(OC(F)F)cc1)c1cccc(S(=O)(=O)Nc2cccc(Cl)c2)c1. The molecule has 6 nitrogen and oxygen atoms in total. The van der Waals surface area contributed by atoms with Crippen molar-refractivity contribution in [3.63, 3.8) is 0 Å². The van der Waals surface area contributed by atoms with Gasteiger partial charge in [0.15, 0.2) is 0 Å². The van der Waals surface area contributed by atoms with Crippen LogP contribution in [0.15, 0.2) is 77.7 Å². The van der Waals surface area contributed by atoms with E-state index in [1.807, 2.05) is 0 Å². The predicted octanol–water partition coefficient (Wildman–Crippen LogP) is 4.99. The Morgan fingerprint density at radius 3 is 2.30 bits per heavy atom. The van der Waals surface area contributed by atoms with Crippen molar-refractivity contribution in [1.29, 1.82) is 0 Å². The van der Waals surface area contributed by atoms with Crippen molar-refractivity contribution in [2.45, 2.75) is 11.5 Å². The largest absolute Gasteiger partial charge is 0.435 e. The molecular formula is C20H15ClF2N2O4S. The number of nitrogens with one attached hydrogen (secondary N) is 2. The summed E-state index contributed by atoms with van der Waals surface area (Å²) in [6.45, 7) is -2.95. The molecule has 30 heavy (non-hydrogen) atoms. The van der Waals surface area contributed by atoms with E-state index in [4.69, 9.17) is 11.6 Å². The van der Waals surface area contributed by atoms with Crippen LogP contribution < -0.4 is 14.8 Å². The maximum atomic E-state index is 12.6. The van der Waals surface area contributed by atoms with Gasteiger partial charge in [0.25, 0.3) is 15.9 Å². The van der Waals surface area contributed by atoms with Crippen molar-refractivity contribution in [3.8, 4) is 5.75 Å². The first-order valence-corrected chi connectivity index (χ1v) is 10.3. The highest BCUT2D eigenvalue weighted by atomic mass is 35.5. The molecule has 0 aliphatic heterocycles. The summed E-state index contributed by atoms with van der Waals surface area (Å²) in [5.41, 5.74) is 0.701. The van der Waals surface area contributed by atoms with Crippen LogP contribution in [0.3, 0.4) is 0 Å². The third kappa shape index (κ3) is 5.68. The number of anilines is 2. The smallest absolute Gasteiger partial charge is 0.387 e. The van der Waals surface area contributed by atoms with E-state index < -0.39 is 22.5 Å². The van der Waals surface area contributed by atoms with Crippen molar-refractivity contribution < 1.29 is 26.7 Å². The third-order valence-corrected chi connectivity index (χ3v) is 5.43. The van der Waals surface area contributed by atoms with Gasteiger partial charge in [-0.2, -0.15) is 8.78 Å². The number of benzene rings is 3. The standard InChI is InChI=1S/C20H15ClF2N2O4S/c21-14-4-2-5-16(12-14)25-30(27,28)18-6-1-3-13(11-18)19(26)24-15-7-9-17(10-8-15)29-20(22)23/h1-12,20,25H,(H,24,26). The highest BCUT2D eigenvalue weighted by molar-refractivity contribution is 7.92. The van der Waals surface area contributed by atoms with E-state index in [-0.39, 0.29) is 21.9 Å². The normalized spacial score (nSPS) is 11.2. The molecule has 0 bridgehead atoms. The Morgan fingerprint density at radius 2 is 1.63 bits per heavy atom. The average molecular weight is 453 g/mol. The number of carbonyl (C=O) groups excluding carboxylic acids is 1. The molecule has 3 rings (SSSR count). The molecule has 0 aliphatic carbocycles. The van der Waals surface area contributed by atoms with E-state index in [0.717, 1.165) is 0 Å². The van der Waals surface area contributed by atoms with E-state index in [0.29, 0.717) is 10.7 Å². The fourth-order valence-electron chi connectivity index (χ4n) is 2.49. The fraction of sp³-hybridized carbons (Fsp3) is 0.0500. The van der Waals surface area contributed by atoms with Gasteiger partial charge in [-0.25, -0.2) is 8.42 Å². The van der Waals surface area contributed by atoms with E-state index in [2.05, 4.69) is 14.8 Å². The highest BCUT2D eigenvalue weighted by Crippen LogP contribution is 2.21. The quantitative estimate of drug-likeness (QED) is 0.528. The average Bonchev–Trinajstić information content (AvgIpc) is 2.69. The summed E-state index contributed by atoms with van der Waals surface area (Å²) in [5, 5.41) is 2.93. The monoisotopic (exact) mass is 452 g/mol. The minimum absolute atomic E-state index is 0.0526. The first kappa shape index (κ1) is 21.5. The van der Waals surface area contributed by atoms with Gasteiger partial charge in [-0.1, -0.05) is 23.7 Å². The lowest BCUT2D eigenvalue weighted by molar-refractivity contribution is -0.0498. The Labute approximate surface area is 176 Å². The molecule has 156 valence electrons. The lowest BCUT2D eigenvalue weighted by Crippen LogP contribution is -2.16. The molecule has 0 aliphatic rings. The number of alkyl halides is 2. The molecule has 0 heterocycles. The number of halogens is 3. The van der Waals surface area contributed by atoms with E-state index in [9.17, 15) is 22.0 Å². The van der Waals surface area contributed by atoms with Gasteiger partial charge in [0, 0.05) is 16.3 Å². The van der Waals surface area contributed by atoms with E-state index >= 15 is 0 Å². The summed E-state index contributed by atoms with van der Waals surface area (Å²) in [6.07, 6.45) is 0. The van der Waals surface area contributed by atoms with Crippen LogP contribution in [0.25, 0.3) is 0 Å². The van der Waals surface area contributed by atoms with Gasteiger partial charge in [-0.15, -0.1) is 0 Å². The third-order valence-electron chi connectivity index (χ3n) is 3.82. The zero-order valence-corrected chi connectivity index (χ0v) is 16.8. The van der Waals surface area contributed by atoms with Crippen LogP contribution in [0.5, 0.6) is 5.75 Å². The summed E-state index contributed by atoms with van der Waals surface area (Å²) in [4.78, 5) is 12.3. The van der Waals surface area contributed by atoms with Gasteiger partial charge in [-0.3, -0.25) is 9.52 Å². The van der Waals surface area contributed by atoms with Crippen molar-refractivity contribution in [3.05, 3.63) is 83.4 Å². The van der Waals surface area contributed by atoms with Gasteiger partial charge in [0.2, 0.25) is 0 Å². The maximum absolute atomic E-state index is 12.6. The molecule has 2 N–H and O–H groups in total. The molecule has 0 radical (unpaired) electrons. The van der Waals surface area contributed by atoms with Crippen LogP contribution in [-0.2, 0) is 10.0 Å². The molecule has 0 saturated heterocycles. The van der Waals surface area contributed by atoms with Crippen LogP contribution in [-0.4, -0.2) is 20.9 Å². The molecule has 0 unspecified atom stereocenters. The topological polar surface area (TPSA) is 84.5 Å². The Kier molecular flexibility index (Phi) is 6.53. The first-order chi connectivity index (χ1) is 14.2. The van der Waals surface area contributed by atoms with Gasteiger partial charge in [-0.05, 0) is 60.7 Å². The number of carbonyl (C=O) groups is 1. The first-order valence-electron chi connectivity index (χ1n) is 8.48. The van der Waals surface area contributed by atoms with Gasteiger partial charge >= 0.3 is 6.61 Å². The number of hydrogen-bond donors (Lipinski definition) is 2. The summed E-state index contributed by atoms with van der Waals surface area (Å²) < 4.78 is 56.2. The number of amides is 1. The Balaban J connectivity index is 1.74. The van der Waals surface area contributed by atoms with Crippen molar-refractivity contribution >= 4 is 38.9 Å². The molecule has 0 saturated carbocycles. The Bertz CT molecular complexity index is 1160. The van der Waals surface area contributed by atoms with E-state index in [1.165, 1.54) is 54.6 Å². The lowest BCUT2D eigenvalue weighted by Gasteiger charge is -2.10. The highest BCUT2D eigenvalue weighted by Gasteiger charge is 2.17. The number of ether oxygens (including phenoxy) is 1. The molecule has 3 aromatic rings. The van der Waals surface area contributed by atoms with Crippen LogP contribution in [0, 0.1) is 0 Å². The second kappa shape index (κ2) is 9.10. The fourth-order valence-corrected chi connectivity index (χ4v) is 3.78. The molecule has 0 atom stereocenters. The summed E-state index contributed by atoms with van der Waals surface area (Å²) in [5.74, 6) is -0.625. The molecular weight excluding hydrogens is 438 g/mol. The molecule has 0 spiro atoms.